The summed E-state index contributed by atoms with van der Waals surface area (Å²) in [7, 11) is 0. The first-order chi connectivity index (χ1) is 4.21. The molecule has 0 atom stereocenters. The van der Waals surface area contributed by atoms with Crippen LogP contribution in [0.25, 0.3) is 0 Å². The highest BCUT2D eigenvalue weighted by molar-refractivity contribution is 5.91. The lowest BCUT2D eigenvalue weighted by Crippen LogP contribution is -2.18. The first kappa shape index (κ1) is 6.07. The van der Waals surface area contributed by atoms with Gasteiger partial charge < -0.3 is 0 Å². The Hall–Kier alpha value is -1.06. The van der Waals surface area contributed by atoms with Crippen LogP contribution in [0.1, 0.15) is 0 Å². The van der Waals surface area contributed by atoms with Gasteiger partial charge in [0.2, 0.25) is 0 Å². The summed E-state index contributed by atoms with van der Waals surface area (Å²) in [5.41, 5.74) is 0. The average molecular weight is 130 g/mol. The molecule has 0 bridgehead atoms. The Balaban J connectivity index is 2.82. The number of rotatable bonds is 0. The molecule has 9 heavy (non-hydrogen) atoms. The van der Waals surface area contributed by atoms with E-state index in [0.717, 1.165) is 0 Å². The van der Waals surface area contributed by atoms with E-state index >= 15 is 0 Å². The van der Waals surface area contributed by atoms with Crippen molar-refractivity contribution < 1.29 is 8.78 Å². The summed E-state index contributed by atoms with van der Waals surface area (Å²) in [5.74, 6) is -2.98. The van der Waals surface area contributed by atoms with Gasteiger partial charge in [-0.3, -0.25) is 9.98 Å². The quantitative estimate of drug-likeness (QED) is 0.471. The predicted octanol–water partition coefficient (Wildman–Crippen LogP) is 1.25. The number of aliphatic imine (C=N–C) groups is 2. The molecule has 2 nitrogen and oxygen atoms in total. The summed E-state index contributed by atoms with van der Waals surface area (Å²) >= 11 is 0. The van der Waals surface area contributed by atoms with Crippen molar-refractivity contribution in [2.24, 2.45) is 9.98 Å². The molecule has 1 heterocycles. The molecule has 0 unspecified atom stereocenters. The van der Waals surface area contributed by atoms with Crippen LogP contribution in [0.2, 0.25) is 0 Å². The van der Waals surface area contributed by atoms with E-state index in [-0.39, 0.29) is 0 Å². The average Bonchev–Trinajstić information content (AvgIpc) is 1.92. The molecule has 0 aromatic heterocycles. The van der Waals surface area contributed by atoms with Gasteiger partial charge in [-0.05, 0) is 0 Å². The molecule has 1 rings (SSSR count). The van der Waals surface area contributed by atoms with E-state index in [1.54, 1.807) is 0 Å². The lowest BCUT2D eigenvalue weighted by molar-refractivity contribution is 0.169. The molecule has 0 fully saturated rings. The Morgan fingerprint density at radius 3 is 1.89 bits per heavy atom. The Morgan fingerprint density at radius 2 is 1.44 bits per heavy atom. The van der Waals surface area contributed by atoms with Crippen LogP contribution in [0.5, 0.6) is 0 Å². The van der Waals surface area contributed by atoms with E-state index in [9.17, 15) is 8.78 Å². The molecule has 48 valence electrons. The smallest absolute Gasteiger partial charge is 0.261 e. The second-order valence-corrected chi connectivity index (χ2v) is 1.53. The molecular weight excluding hydrogens is 126 g/mol. The third-order valence-corrected chi connectivity index (χ3v) is 0.732. The minimum absolute atomic E-state index is 0.542. The number of hydrogen-bond donors (Lipinski definition) is 0. The van der Waals surface area contributed by atoms with Crippen molar-refractivity contribution in [2.45, 2.75) is 5.92 Å². The summed E-state index contributed by atoms with van der Waals surface area (Å²) in [5, 5.41) is 0. The van der Waals surface area contributed by atoms with Crippen molar-refractivity contribution in [1.82, 2.24) is 0 Å². The Labute approximate surface area is 50.6 Å². The van der Waals surface area contributed by atoms with Crippen LogP contribution in [0, 0.1) is 0 Å². The van der Waals surface area contributed by atoms with Gasteiger partial charge in [0.25, 0.3) is 0 Å². The largest absolute Gasteiger partial charge is 0.318 e. The zero-order valence-corrected chi connectivity index (χ0v) is 4.46. The van der Waals surface area contributed by atoms with Gasteiger partial charge in [-0.25, -0.2) is 0 Å². The minimum Gasteiger partial charge on any atom is -0.261 e. The molecule has 0 spiro atoms. The standard InChI is InChI=1S/C5H4F2N2/c6-5(7)3-8-1-2-9-4-5/h1-4H. The molecule has 0 amide bonds. The van der Waals surface area contributed by atoms with Crippen LogP contribution in [0.15, 0.2) is 22.4 Å². The molecule has 0 saturated carbocycles. The fraction of sp³-hybridized carbons (Fsp3) is 0.200. The SMILES string of the molecule is FC1(F)C=NC=CN=C1. The van der Waals surface area contributed by atoms with Gasteiger partial charge in [0.05, 0.1) is 12.4 Å². The summed E-state index contributed by atoms with van der Waals surface area (Å²) in [6.45, 7) is 0. The number of hydrogen-bond acceptors (Lipinski definition) is 2. The highest BCUT2D eigenvalue weighted by Crippen LogP contribution is 2.08. The molecule has 1 aliphatic rings. The number of nitrogens with zero attached hydrogens (tertiary/aromatic N) is 2. The fourth-order valence-electron chi connectivity index (χ4n) is 0.395. The van der Waals surface area contributed by atoms with Crippen molar-refractivity contribution in [3.8, 4) is 0 Å². The van der Waals surface area contributed by atoms with Crippen molar-refractivity contribution in [3.63, 3.8) is 0 Å². The second kappa shape index (κ2) is 2.05. The monoisotopic (exact) mass is 130 g/mol. The van der Waals surface area contributed by atoms with E-state index in [0.29, 0.717) is 12.4 Å². The maximum absolute atomic E-state index is 12.1. The van der Waals surface area contributed by atoms with Gasteiger partial charge in [0.1, 0.15) is 0 Å². The maximum Gasteiger partial charge on any atom is 0.318 e. The number of alkyl halides is 2. The van der Waals surface area contributed by atoms with Crippen LogP contribution >= 0.6 is 0 Å². The van der Waals surface area contributed by atoms with Crippen molar-refractivity contribution in [2.75, 3.05) is 0 Å². The molecule has 0 N–H and O–H groups in total. The van der Waals surface area contributed by atoms with Crippen molar-refractivity contribution >= 4 is 12.4 Å². The van der Waals surface area contributed by atoms with Crippen LogP contribution in [0.3, 0.4) is 0 Å². The van der Waals surface area contributed by atoms with Crippen LogP contribution in [-0.2, 0) is 0 Å². The van der Waals surface area contributed by atoms with Crippen LogP contribution in [0.4, 0.5) is 8.78 Å². The fourth-order valence-corrected chi connectivity index (χ4v) is 0.395. The Bertz CT molecular complexity index is 163. The van der Waals surface area contributed by atoms with Crippen molar-refractivity contribution in [1.29, 1.82) is 0 Å². The van der Waals surface area contributed by atoms with Gasteiger partial charge in [-0.1, -0.05) is 0 Å². The maximum atomic E-state index is 12.1. The topological polar surface area (TPSA) is 24.7 Å². The van der Waals surface area contributed by atoms with E-state index in [1.165, 1.54) is 12.4 Å². The van der Waals surface area contributed by atoms with Gasteiger partial charge in [0, 0.05) is 12.4 Å². The predicted molar refractivity (Wildman–Crippen MR) is 31.1 cm³/mol. The summed E-state index contributed by atoms with van der Waals surface area (Å²) in [6.07, 6.45) is 3.49. The highest BCUT2D eigenvalue weighted by atomic mass is 19.3. The third kappa shape index (κ3) is 1.71. The summed E-state index contributed by atoms with van der Waals surface area (Å²) < 4.78 is 24.3. The molecule has 0 aromatic rings. The molecule has 0 radical (unpaired) electrons. The molecule has 4 heteroatoms. The minimum atomic E-state index is -2.98. The molecule has 0 aliphatic carbocycles. The summed E-state index contributed by atoms with van der Waals surface area (Å²) in [6, 6.07) is 0. The van der Waals surface area contributed by atoms with E-state index in [1.807, 2.05) is 0 Å². The molecule has 0 saturated heterocycles. The first-order valence-electron chi connectivity index (χ1n) is 2.32. The normalized spacial score (nSPS) is 22.0. The molecule has 1 aliphatic heterocycles. The molecule has 0 aromatic carbocycles. The second-order valence-electron chi connectivity index (χ2n) is 1.53. The van der Waals surface area contributed by atoms with Gasteiger partial charge in [-0.15, -0.1) is 0 Å². The zero-order chi connectivity index (χ0) is 6.74. The highest BCUT2D eigenvalue weighted by Gasteiger charge is 2.22. The Kier molecular flexibility index (Phi) is 1.38. The van der Waals surface area contributed by atoms with Crippen molar-refractivity contribution in [3.05, 3.63) is 12.4 Å². The van der Waals surface area contributed by atoms with Gasteiger partial charge in [0.15, 0.2) is 0 Å². The first-order valence-corrected chi connectivity index (χ1v) is 2.32. The van der Waals surface area contributed by atoms with Crippen LogP contribution in [-0.4, -0.2) is 18.4 Å². The number of halogens is 2. The van der Waals surface area contributed by atoms with E-state index in [4.69, 9.17) is 0 Å². The molecular formula is C5H4F2N2. The van der Waals surface area contributed by atoms with E-state index < -0.39 is 5.92 Å². The lowest BCUT2D eigenvalue weighted by atomic mass is 10.4. The summed E-state index contributed by atoms with van der Waals surface area (Å²) in [4.78, 5) is 6.49. The van der Waals surface area contributed by atoms with Gasteiger partial charge >= 0.3 is 5.92 Å². The Morgan fingerprint density at radius 1 is 1.00 bits per heavy atom. The lowest BCUT2D eigenvalue weighted by Gasteiger charge is -1.98. The van der Waals surface area contributed by atoms with E-state index in [2.05, 4.69) is 9.98 Å². The zero-order valence-electron chi connectivity index (χ0n) is 4.46. The third-order valence-electron chi connectivity index (χ3n) is 0.732. The van der Waals surface area contributed by atoms with Gasteiger partial charge in [-0.2, -0.15) is 8.78 Å². The van der Waals surface area contributed by atoms with Crippen LogP contribution < -0.4 is 0 Å².